The molecule has 1 aromatic carbocycles. The van der Waals surface area contributed by atoms with Gasteiger partial charge in [-0.25, -0.2) is 0 Å². The van der Waals surface area contributed by atoms with Gasteiger partial charge in [0.2, 0.25) is 0 Å². The molecule has 0 bridgehead atoms. The fourth-order valence-electron chi connectivity index (χ4n) is 4.44. The molecule has 128 valence electrons. The monoisotopic (exact) mass is 344 g/mol. The molecule has 0 amide bonds. The molecule has 0 N–H and O–H groups in total. The Hall–Kier alpha value is -1.62. The summed E-state index contributed by atoms with van der Waals surface area (Å²) in [4.78, 5) is 7.00. The number of hydrogen-bond donors (Lipinski definition) is 0. The molecular formula is C19H24N2O2S. The normalized spacial score (nSPS) is 19.2. The third-order valence-corrected chi connectivity index (χ3v) is 6.27. The second-order valence-electron chi connectivity index (χ2n) is 7.14. The topological polar surface area (TPSA) is 34.6 Å². The largest absolute Gasteiger partial charge is 0.493 e. The van der Waals surface area contributed by atoms with Crippen molar-refractivity contribution >= 4 is 28.4 Å². The highest BCUT2D eigenvalue weighted by Crippen LogP contribution is 2.54. The van der Waals surface area contributed by atoms with E-state index >= 15 is 0 Å². The van der Waals surface area contributed by atoms with Gasteiger partial charge in [-0.1, -0.05) is 0 Å². The van der Waals surface area contributed by atoms with Gasteiger partial charge in [0, 0.05) is 41.8 Å². The number of hydrogen-bond acceptors (Lipinski definition) is 5. The van der Waals surface area contributed by atoms with Crippen molar-refractivity contribution in [1.29, 1.82) is 0 Å². The average Bonchev–Trinajstić information content (AvgIpc) is 2.54. The second kappa shape index (κ2) is 6.03. The van der Waals surface area contributed by atoms with Crippen LogP contribution in [0.3, 0.4) is 0 Å². The van der Waals surface area contributed by atoms with Crippen molar-refractivity contribution in [3.63, 3.8) is 0 Å². The van der Waals surface area contributed by atoms with E-state index in [2.05, 4.69) is 28.3 Å². The van der Waals surface area contributed by atoms with Gasteiger partial charge < -0.3 is 14.4 Å². The number of pyridine rings is 1. The first kappa shape index (κ1) is 15.9. The number of fused-ring (bicyclic) bond motifs is 1. The number of thioether (sulfide) groups is 1. The molecule has 1 aromatic heterocycles. The minimum Gasteiger partial charge on any atom is -0.493 e. The summed E-state index contributed by atoms with van der Waals surface area (Å²) in [6.45, 7) is 2.34. The number of aromatic nitrogens is 1. The number of nitrogens with zero attached hydrogens (tertiary/aromatic N) is 2. The van der Waals surface area contributed by atoms with Crippen LogP contribution in [-0.2, 0) is 0 Å². The average molecular weight is 344 g/mol. The predicted molar refractivity (Wildman–Crippen MR) is 101 cm³/mol. The maximum Gasteiger partial charge on any atom is 0.162 e. The smallest absolute Gasteiger partial charge is 0.162 e. The lowest BCUT2D eigenvalue weighted by molar-refractivity contribution is 0.0364. The van der Waals surface area contributed by atoms with Crippen LogP contribution in [0.2, 0.25) is 0 Å². The standard InChI is InChI=1S/C19H24N2O2S/c1-22-17-6-14-15(7-18(17)23-2)20-5-4-16(14)21-11-19(12-21)8-13(9-19)10-24-3/h4-7,13H,8-12H2,1-3H3. The Bertz CT molecular complexity index is 750. The Kier molecular flexibility index (Phi) is 3.99. The van der Waals surface area contributed by atoms with Crippen LogP contribution < -0.4 is 14.4 Å². The van der Waals surface area contributed by atoms with E-state index in [4.69, 9.17) is 9.47 Å². The summed E-state index contributed by atoms with van der Waals surface area (Å²) in [6, 6.07) is 6.14. The molecule has 2 heterocycles. The van der Waals surface area contributed by atoms with Crippen LogP contribution in [0.1, 0.15) is 12.8 Å². The first-order valence-corrected chi connectivity index (χ1v) is 9.82. The summed E-state index contributed by atoms with van der Waals surface area (Å²) in [6.07, 6.45) is 6.89. The third-order valence-electron chi connectivity index (χ3n) is 5.46. The zero-order chi connectivity index (χ0) is 16.7. The van der Waals surface area contributed by atoms with Crippen molar-refractivity contribution in [2.75, 3.05) is 44.2 Å². The molecule has 4 rings (SSSR count). The summed E-state index contributed by atoms with van der Waals surface area (Å²) < 4.78 is 10.9. The highest BCUT2D eigenvalue weighted by molar-refractivity contribution is 7.98. The Balaban J connectivity index is 1.58. The molecule has 5 heteroatoms. The zero-order valence-corrected chi connectivity index (χ0v) is 15.4. The summed E-state index contributed by atoms with van der Waals surface area (Å²) >= 11 is 1.98. The lowest BCUT2D eigenvalue weighted by atomic mass is 9.58. The number of ether oxygens (including phenoxy) is 2. The van der Waals surface area contributed by atoms with E-state index in [1.54, 1.807) is 14.2 Å². The summed E-state index contributed by atoms with van der Waals surface area (Å²) in [5, 5.41) is 1.14. The van der Waals surface area contributed by atoms with Gasteiger partial charge in [-0.2, -0.15) is 11.8 Å². The fourth-order valence-corrected chi connectivity index (χ4v) is 5.15. The maximum atomic E-state index is 5.47. The lowest BCUT2D eigenvalue weighted by Crippen LogP contribution is -2.62. The van der Waals surface area contributed by atoms with Crippen LogP contribution in [0.5, 0.6) is 11.5 Å². The van der Waals surface area contributed by atoms with E-state index in [0.717, 1.165) is 28.3 Å². The second-order valence-corrected chi connectivity index (χ2v) is 8.05. The molecule has 2 fully saturated rings. The van der Waals surface area contributed by atoms with Gasteiger partial charge in [0.15, 0.2) is 11.5 Å². The molecule has 0 atom stereocenters. The molecule has 2 aromatic rings. The molecule has 24 heavy (non-hydrogen) atoms. The van der Waals surface area contributed by atoms with Gasteiger partial charge >= 0.3 is 0 Å². The highest BCUT2D eigenvalue weighted by atomic mass is 32.2. The molecule has 1 saturated carbocycles. The molecule has 0 radical (unpaired) electrons. The first-order chi connectivity index (χ1) is 11.7. The highest BCUT2D eigenvalue weighted by Gasteiger charge is 2.52. The van der Waals surface area contributed by atoms with Gasteiger partial charge in [0.1, 0.15) is 0 Å². The van der Waals surface area contributed by atoms with E-state index in [9.17, 15) is 0 Å². The van der Waals surface area contributed by atoms with Crippen molar-refractivity contribution in [3.05, 3.63) is 24.4 Å². The molecule has 1 aliphatic carbocycles. The van der Waals surface area contributed by atoms with Crippen molar-refractivity contribution in [1.82, 2.24) is 4.98 Å². The van der Waals surface area contributed by atoms with E-state index in [-0.39, 0.29) is 0 Å². The quantitative estimate of drug-likeness (QED) is 0.823. The van der Waals surface area contributed by atoms with Gasteiger partial charge in [-0.15, -0.1) is 0 Å². The van der Waals surface area contributed by atoms with E-state index < -0.39 is 0 Å². The number of methoxy groups -OCH3 is 2. The van der Waals surface area contributed by atoms with Crippen LogP contribution in [0.15, 0.2) is 24.4 Å². The predicted octanol–water partition coefficient (Wildman–Crippen LogP) is 3.83. The van der Waals surface area contributed by atoms with E-state index in [1.165, 1.54) is 37.4 Å². The Morgan fingerprint density at radius 1 is 1.21 bits per heavy atom. The molecule has 1 spiro atoms. The van der Waals surface area contributed by atoms with E-state index in [0.29, 0.717) is 5.41 Å². The number of rotatable bonds is 5. The van der Waals surface area contributed by atoms with Gasteiger partial charge in [-0.3, -0.25) is 4.98 Å². The molecule has 0 unspecified atom stereocenters. The number of benzene rings is 1. The van der Waals surface area contributed by atoms with Crippen molar-refractivity contribution < 1.29 is 9.47 Å². The van der Waals surface area contributed by atoms with Gasteiger partial charge in [0.05, 0.1) is 19.7 Å². The Morgan fingerprint density at radius 3 is 2.58 bits per heavy atom. The third kappa shape index (κ3) is 2.50. The van der Waals surface area contributed by atoms with Gasteiger partial charge in [-0.05, 0) is 42.9 Å². The van der Waals surface area contributed by atoms with Crippen LogP contribution in [0.25, 0.3) is 10.9 Å². The summed E-state index contributed by atoms with van der Waals surface area (Å²) in [5.74, 6) is 3.74. The fraction of sp³-hybridized carbons (Fsp3) is 0.526. The van der Waals surface area contributed by atoms with Crippen molar-refractivity contribution in [2.24, 2.45) is 11.3 Å². The molecule has 1 aliphatic heterocycles. The van der Waals surface area contributed by atoms with Crippen molar-refractivity contribution in [3.8, 4) is 11.5 Å². The van der Waals surface area contributed by atoms with Crippen LogP contribution in [0.4, 0.5) is 5.69 Å². The molecule has 4 nitrogen and oxygen atoms in total. The van der Waals surface area contributed by atoms with Crippen LogP contribution in [0, 0.1) is 11.3 Å². The summed E-state index contributed by atoms with van der Waals surface area (Å²) in [5.41, 5.74) is 2.80. The molecule has 1 saturated heterocycles. The minimum atomic E-state index is 0.576. The maximum absolute atomic E-state index is 5.47. The van der Waals surface area contributed by atoms with Crippen molar-refractivity contribution in [2.45, 2.75) is 12.8 Å². The zero-order valence-electron chi connectivity index (χ0n) is 14.5. The number of anilines is 1. The molecular weight excluding hydrogens is 320 g/mol. The minimum absolute atomic E-state index is 0.576. The van der Waals surface area contributed by atoms with Gasteiger partial charge in [0.25, 0.3) is 0 Å². The summed E-state index contributed by atoms with van der Waals surface area (Å²) in [7, 11) is 3.34. The SMILES string of the molecule is COc1cc2nccc(N3CC4(CC(CSC)C4)C3)c2cc1OC. The van der Waals surface area contributed by atoms with Crippen LogP contribution in [-0.4, -0.2) is 44.3 Å². The Labute approximate surface area is 147 Å². The van der Waals surface area contributed by atoms with E-state index in [1.807, 2.05) is 24.0 Å². The lowest BCUT2D eigenvalue weighted by Gasteiger charge is -2.60. The Morgan fingerprint density at radius 2 is 1.92 bits per heavy atom. The van der Waals surface area contributed by atoms with Crippen LogP contribution >= 0.6 is 11.8 Å². The first-order valence-electron chi connectivity index (χ1n) is 8.43. The molecule has 2 aliphatic rings.